The topological polar surface area (TPSA) is 43.4 Å². The summed E-state index contributed by atoms with van der Waals surface area (Å²) in [5, 5.41) is 0. The Kier molecular flexibility index (Phi) is 5.08. The van der Waals surface area contributed by atoms with Crippen molar-refractivity contribution in [2.45, 2.75) is 13.8 Å². The van der Waals surface area contributed by atoms with Crippen molar-refractivity contribution in [1.29, 1.82) is 0 Å². The SMILES string of the molecule is Cc1ccc(C(=O)COC(=O)c2ccc(Br)cc2F)c(C)c1. The Morgan fingerprint density at radius 2 is 1.77 bits per heavy atom. The quantitative estimate of drug-likeness (QED) is 0.601. The first-order valence-electron chi connectivity index (χ1n) is 6.61. The first-order valence-corrected chi connectivity index (χ1v) is 7.40. The Labute approximate surface area is 136 Å². The third-order valence-electron chi connectivity index (χ3n) is 3.17. The van der Waals surface area contributed by atoms with Crippen LogP contribution in [-0.4, -0.2) is 18.4 Å². The molecule has 0 saturated heterocycles. The van der Waals surface area contributed by atoms with Gasteiger partial charge >= 0.3 is 5.97 Å². The summed E-state index contributed by atoms with van der Waals surface area (Å²) >= 11 is 3.11. The van der Waals surface area contributed by atoms with Crippen molar-refractivity contribution >= 4 is 27.7 Å². The number of carbonyl (C=O) groups excluding carboxylic acids is 2. The minimum atomic E-state index is -0.858. The molecule has 114 valence electrons. The smallest absolute Gasteiger partial charge is 0.341 e. The third-order valence-corrected chi connectivity index (χ3v) is 3.66. The Balaban J connectivity index is 2.06. The Bertz CT molecular complexity index is 677. The van der Waals surface area contributed by atoms with E-state index >= 15 is 0 Å². The number of Topliss-reactive ketones (excluding diaryl/α,β-unsaturated/α-hetero) is 1. The molecule has 0 saturated carbocycles. The minimum Gasteiger partial charge on any atom is -0.454 e. The van der Waals surface area contributed by atoms with E-state index in [4.69, 9.17) is 4.74 Å². The van der Waals surface area contributed by atoms with Crippen LogP contribution in [0.1, 0.15) is 31.8 Å². The lowest BCUT2D eigenvalue weighted by Gasteiger charge is -2.08. The summed E-state index contributed by atoms with van der Waals surface area (Å²) < 4.78 is 19.1. The number of hydrogen-bond acceptors (Lipinski definition) is 3. The molecule has 0 unspecified atom stereocenters. The van der Waals surface area contributed by atoms with E-state index in [1.54, 1.807) is 6.07 Å². The molecule has 3 nitrogen and oxygen atoms in total. The van der Waals surface area contributed by atoms with E-state index in [1.807, 2.05) is 26.0 Å². The van der Waals surface area contributed by atoms with Crippen LogP contribution in [0.2, 0.25) is 0 Å². The molecular weight excluding hydrogens is 351 g/mol. The van der Waals surface area contributed by atoms with E-state index in [1.165, 1.54) is 18.2 Å². The van der Waals surface area contributed by atoms with E-state index in [-0.39, 0.29) is 11.3 Å². The van der Waals surface area contributed by atoms with Crippen LogP contribution >= 0.6 is 15.9 Å². The summed E-state index contributed by atoms with van der Waals surface area (Å²) in [5.41, 5.74) is 2.16. The van der Waals surface area contributed by atoms with Gasteiger partial charge in [0.2, 0.25) is 5.78 Å². The molecule has 0 fully saturated rings. The van der Waals surface area contributed by atoms with Crippen molar-refractivity contribution in [3.63, 3.8) is 0 Å². The van der Waals surface area contributed by atoms with Gasteiger partial charge in [-0.25, -0.2) is 9.18 Å². The van der Waals surface area contributed by atoms with Gasteiger partial charge in [-0.3, -0.25) is 4.79 Å². The highest BCUT2D eigenvalue weighted by molar-refractivity contribution is 9.10. The molecule has 0 heterocycles. The Morgan fingerprint density at radius 1 is 1.09 bits per heavy atom. The molecule has 2 aromatic rings. The molecule has 0 bridgehead atoms. The predicted molar refractivity (Wildman–Crippen MR) is 84.6 cm³/mol. The number of carbonyl (C=O) groups is 2. The van der Waals surface area contributed by atoms with Crippen LogP contribution in [0.15, 0.2) is 40.9 Å². The molecule has 0 amide bonds. The number of benzene rings is 2. The highest BCUT2D eigenvalue weighted by atomic mass is 79.9. The highest BCUT2D eigenvalue weighted by Gasteiger charge is 2.16. The number of ether oxygens (including phenoxy) is 1. The van der Waals surface area contributed by atoms with Gasteiger partial charge in [-0.15, -0.1) is 0 Å². The number of ketones is 1. The number of aryl methyl sites for hydroxylation is 2. The molecular formula is C17H14BrFO3. The summed E-state index contributed by atoms with van der Waals surface area (Å²) in [6, 6.07) is 9.40. The zero-order valence-corrected chi connectivity index (χ0v) is 13.7. The van der Waals surface area contributed by atoms with Crippen molar-refractivity contribution in [2.75, 3.05) is 6.61 Å². The first kappa shape index (κ1) is 16.4. The van der Waals surface area contributed by atoms with Gasteiger partial charge in [-0.1, -0.05) is 39.7 Å². The number of rotatable bonds is 4. The largest absolute Gasteiger partial charge is 0.454 e. The van der Waals surface area contributed by atoms with Gasteiger partial charge in [-0.05, 0) is 37.6 Å². The molecule has 0 radical (unpaired) electrons. The second kappa shape index (κ2) is 6.83. The average Bonchev–Trinajstić information content (AvgIpc) is 2.44. The van der Waals surface area contributed by atoms with Crippen LogP contribution in [0.3, 0.4) is 0 Å². The predicted octanol–water partition coefficient (Wildman–Crippen LogP) is 4.24. The second-order valence-corrected chi connectivity index (χ2v) is 5.86. The van der Waals surface area contributed by atoms with Crippen molar-refractivity contribution in [3.8, 4) is 0 Å². The standard InChI is InChI=1S/C17H14BrFO3/c1-10-3-5-13(11(2)7-10)16(20)9-22-17(21)14-6-4-12(18)8-15(14)19/h3-8H,9H2,1-2H3. The van der Waals surface area contributed by atoms with Gasteiger partial charge in [0.25, 0.3) is 0 Å². The van der Waals surface area contributed by atoms with Gasteiger partial charge in [0.05, 0.1) is 5.56 Å². The fraction of sp³-hybridized carbons (Fsp3) is 0.176. The third kappa shape index (κ3) is 3.80. The van der Waals surface area contributed by atoms with Gasteiger partial charge in [0.1, 0.15) is 5.82 Å². The summed E-state index contributed by atoms with van der Waals surface area (Å²) in [5.74, 6) is -1.87. The van der Waals surface area contributed by atoms with Crippen LogP contribution in [0.25, 0.3) is 0 Å². The average molecular weight is 365 g/mol. The molecule has 0 aromatic heterocycles. The van der Waals surface area contributed by atoms with E-state index in [2.05, 4.69) is 15.9 Å². The number of halogens is 2. The molecule has 2 aromatic carbocycles. The second-order valence-electron chi connectivity index (χ2n) is 4.94. The lowest BCUT2D eigenvalue weighted by molar-refractivity contribution is 0.0470. The molecule has 5 heteroatoms. The summed E-state index contributed by atoms with van der Waals surface area (Å²) in [4.78, 5) is 23.9. The molecule has 0 atom stereocenters. The zero-order chi connectivity index (χ0) is 16.3. The van der Waals surface area contributed by atoms with Crippen molar-refractivity contribution in [3.05, 3.63) is 68.9 Å². The van der Waals surface area contributed by atoms with Crippen molar-refractivity contribution < 1.29 is 18.7 Å². The summed E-state index contributed by atoms with van der Waals surface area (Å²) in [7, 11) is 0. The highest BCUT2D eigenvalue weighted by Crippen LogP contribution is 2.16. The fourth-order valence-electron chi connectivity index (χ4n) is 2.07. The van der Waals surface area contributed by atoms with Gasteiger partial charge in [-0.2, -0.15) is 0 Å². The van der Waals surface area contributed by atoms with Gasteiger partial charge in [0.15, 0.2) is 6.61 Å². The fourth-order valence-corrected chi connectivity index (χ4v) is 2.40. The lowest BCUT2D eigenvalue weighted by atomic mass is 10.0. The van der Waals surface area contributed by atoms with Crippen LogP contribution < -0.4 is 0 Å². The lowest BCUT2D eigenvalue weighted by Crippen LogP contribution is -2.16. The number of esters is 1. The first-order chi connectivity index (χ1) is 10.4. The van der Waals surface area contributed by atoms with Gasteiger partial charge < -0.3 is 4.74 Å². The van der Waals surface area contributed by atoms with E-state index < -0.39 is 18.4 Å². The van der Waals surface area contributed by atoms with Crippen LogP contribution in [-0.2, 0) is 4.74 Å². The molecule has 2 rings (SSSR count). The van der Waals surface area contributed by atoms with E-state index in [9.17, 15) is 14.0 Å². The van der Waals surface area contributed by atoms with Crippen LogP contribution in [0.5, 0.6) is 0 Å². The van der Waals surface area contributed by atoms with E-state index in [0.29, 0.717) is 10.0 Å². The van der Waals surface area contributed by atoms with Crippen molar-refractivity contribution in [2.24, 2.45) is 0 Å². The summed E-state index contributed by atoms with van der Waals surface area (Å²) in [6.45, 7) is 3.33. The van der Waals surface area contributed by atoms with E-state index in [0.717, 1.165) is 11.1 Å². The zero-order valence-electron chi connectivity index (χ0n) is 12.2. The monoisotopic (exact) mass is 364 g/mol. The Morgan fingerprint density at radius 3 is 2.41 bits per heavy atom. The normalized spacial score (nSPS) is 10.4. The minimum absolute atomic E-state index is 0.198. The number of hydrogen-bond donors (Lipinski definition) is 0. The van der Waals surface area contributed by atoms with Crippen molar-refractivity contribution in [1.82, 2.24) is 0 Å². The molecule has 0 spiro atoms. The molecule has 0 aliphatic heterocycles. The maximum atomic E-state index is 13.6. The maximum absolute atomic E-state index is 13.6. The van der Waals surface area contributed by atoms with Crippen LogP contribution in [0, 0.1) is 19.7 Å². The molecule has 0 N–H and O–H groups in total. The van der Waals surface area contributed by atoms with Crippen LogP contribution in [0.4, 0.5) is 4.39 Å². The molecule has 22 heavy (non-hydrogen) atoms. The maximum Gasteiger partial charge on any atom is 0.341 e. The molecule has 0 aliphatic rings. The summed E-state index contributed by atoms with van der Waals surface area (Å²) in [6.07, 6.45) is 0. The Hall–Kier alpha value is -2.01. The van der Waals surface area contributed by atoms with Gasteiger partial charge in [0, 0.05) is 10.0 Å². The molecule has 0 aliphatic carbocycles.